The van der Waals surface area contributed by atoms with Crippen LogP contribution in [0.1, 0.15) is 12.8 Å². The van der Waals surface area contributed by atoms with Crippen LogP contribution in [0.3, 0.4) is 0 Å². The second-order valence-corrected chi connectivity index (χ2v) is 7.70. The topological polar surface area (TPSA) is 49.4 Å². The maximum atomic E-state index is 12.4. The minimum Gasteiger partial charge on any atom is -0.317 e. The molecule has 0 amide bonds. The lowest BCUT2D eigenvalue weighted by molar-refractivity contribution is 0.296. The number of sulfonamides is 1. The molecule has 1 fully saturated rings. The van der Waals surface area contributed by atoms with Crippen LogP contribution < -0.4 is 5.32 Å². The summed E-state index contributed by atoms with van der Waals surface area (Å²) in [5, 5.41) is 3.25. The summed E-state index contributed by atoms with van der Waals surface area (Å²) >= 11 is 2.17. The van der Waals surface area contributed by atoms with Crippen molar-refractivity contribution in [2.24, 2.45) is 0 Å². The molecule has 0 atom stereocenters. The van der Waals surface area contributed by atoms with Crippen molar-refractivity contribution in [2.75, 3.05) is 20.1 Å². The van der Waals surface area contributed by atoms with Crippen LogP contribution in [0.5, 0.6) is 0 Å². The number of rotatable bonds is 3. The van der Waals surface area contributed by atoms with Gasteiger partial charge in [0.2, 0.25) is 10.0 Å². The van der Waals surface area contributed by atoms with Gasteiger partial charge in [-0.05, 0) is 72.8 Å². The molecule has 0 bridgehead atoms. The average Bonchev–Trinajstić information content (AvgIpc) is 2.39. The molecule has 18 heavy (non-hydrogen) atoms. The van der Waals surface area contributed by atoms with Crippen LogP contribution in [0.4, 0.5) is 0 Å². The van der Waals surface area contributed by atoms with Gasteiger partial charge in [-0.1, -0.05) is 0 Å². The van der Waals surface area contributed by atoms with Crippen molar-refractivity contribution >= 4 is 32.6 Å². The van der Waals surface area contributed by atoms with E-state index < -0.39 is 10.0 Å². The third kappa shape index (κ3) is 3.04. The number of benzene rings is 1. The van der Waals surface area contributed by atoms with E-state index in [9.17, 15) is 8.42 Å². The molecule has 1 heterocycles. The number of halogens is 1. The second-order valence-electron chi connectivity index (χ2n) is 4.46. The first-order valence-electron chi connectivity index (χ1n) is 5.96. The third-order valence-electron chi connectivity index (χ3n) is 3.31. The Morgan fingerprint density at radius 2 is 1.78 bits per heavy atom. The fourth-order valence-electron chi connectivity index (χ4n) is 2.14. The Hall–Kier alpha value is -0.180. The van der Waals surface area contributed by atoms with Gasteiger partial charge in [-0.3, -0.25) is 0 Å². The Morgan fingerprint density at radius 1 is 1.22 bits per heavy atom. The standard InChI is InChI=1S/C12H17IN2O2S/c1-15(11-6-8-14-9-7-11)18(16,17)12-4-2-10(13)3-5-12/h2-5,11,14H,6-9H2,1H3. The normalized spacial score (nSPS) is 18.2. The Kier molecular flexibility index (Phi) is 4.63. The molecule has 0 aromatic heterocycles. The van der Waals surface area contributed by atoms with E-state index in [4.69, 9.17) is 0 Å². The highest BCUT2D eigenvalue weighted by Gasteiger charge is 2.28. The van der Waals surface area contributed by atoms with Crippen LogP contribution in [0.2, 0.25) is 0 Å². The summed E-state index contributed by atoms with van der Waals surface area (Å²) in [4.78, 5) is 0.379. The lowest BCUT2D eigenvalue weighted by Gasteiger charge is -2.30. The summed E-state index contributed by atoms with van der Waals surface area (Å²) in [7, 11) is -1.67. The zero-order valence-electron chi connectivity index (χ0n) is 10.3. The first kappa shape index (κ1) is 14.2. The van der Waals surface area contributed by atoms with Crippen molar-refractivity contribution in [3.8, 4) is 0 Å². The molecule has 4 nitrogen and oxygen atoms in total. The monoisotopic (exact) mass is 380 g/mol. The van der Waals surface area contributed by atoms with Gasteiger partial charge < -0.3 is 5.32 Å². The molecule has 1 N–H and O–H groups in total. The van der Waals surface area contributed by atoms with Gasteiger partial charge in [-0.15, -0.1) is 0 Å². The molecule has 1 aromatic carbocycles. The van der Waals surface area contributed by atoms with Gasteiger partial charge in [0, 0.05) is 16.7 Å². The third-order valence-corrected chi connectivity index (χ3v) is 5.96. The largest absolute Gasteiger partial charge is 0.317 e. The molecule has 1 aliphatic rings. The van der Waals surface area contributed by atoms with Crippen molar-refractivity contribution in [1.29, 1.82) is 0 Å². The summed E-state index contributed by atoms with van der Waals surface area (Å²) in [5.74, 6) is 0. The molecule has 1 aliphatic heterocycles. The van der Waals surface area contributed by atoms with Crippen LogP contribution in [0, 0.1) is 3.57 Å². The number of nitrogens with one attached hydrogen (secondary N) is 1. The fourth-order valence-corrected chi connectivity index (χ4v) is 3.91. The molecule has 0 spiro atoms. The highest BCUT2D eigenvalue weighted by atomic mass is 127. The minimum atomic E-state index is -3.35. The van der Waals surface area contributed by atoms with Gasteiger partial charge in [0.05, 0.1) is 4.90 Å². The van der Waals surface area contributed by atoms with Crippen LogP contribution >= 0.6 is 22.6 Å². The Morgan fingerprint density at radius 3 is 2.33 bits per heavy atom. The summed E-state index contributed by atoms with van der Waals surface area (Å²) in [6.45, 7) is 1.77. The highest BCUT2D eigenvalue weighted by Crippen LogP contribution is 2.21. The zero-order chi connectivity index (χ0) is 13.2. The molecule has 2 rings (SSSR count). The van der Waals surface area contributed by atoms with Gasteiger partial charge in [-0.25, -0.2) is 8.42 Å². The molecule has 6 heteroatoms. The van der Waals surface area contributed by atoms with Crippen LogP contribution in [0.25, 0.3) is 0 Å². The molecule has 0 unspecified atom stereocenters. The maximum absolute atomic E-state index is 12.4. The Labute approximate surface area is 122 Å². The predicted molar refractivity (Wildman–Crippen MR) is 80.0 cm³/mol. The van der Waals surface area contributed by atoms with Gasteiger partial charge in [0.15, 0.2) is 0 Å². The van der Waals surface area contributed by atoms with Crippen molar-refractivity contribution < 1.29 is 8.42 Å². The minimum absolute atomic E-state index is 0.107. The second kappa shape index (κ2) is 5.85. The lowest BCUT2D eigenvalue weighted by Crippen LogP contribution is -2.43. The predicted octanol–water partition coefficient (Wildman–Crippen LogP) is 1.66. The molecule has 1 aromatic rings. The van der Waals surface area contributed by atoms with E-state index in [0.29, 0.717) is 4.90 Å². The quantitative estimate of drug-likeness (QED) is 0.812. The van der Waals surface area contributed by atoms with E-state index in [1.165, 1.54) is 4.31 Å². The molecular weight excluding hydrogens is 363 g/mol. The summed E-state index contributed by atoms with van der Waals surface area (Å²) in [5.41, 5.74) is 0. The molecular formula is C12H17IN2O2S. The van der Waals surface area contributed by atoms with E-state index in [2.05, 4.69) is 27.9 Å². The Balaban J connectivity index is 2.21. The lowest BCUT2D eigenvalue weighted by atomic mass is 10.1. The van der Waals surface area contributed by atoms with E-state index in [1.807, 2.05) is 12.1 Å². The smallest absolute Gasteiger partial charge is 0.243 e. The average molecular weight is 380 g/mol. The number of hydrogen-bond acceptors (Lipinski definition) is 3. The summed E-state index contributed by atoms with van der Waals surface area (Å²) < 4.78 is 27.5. The summed E-state index contributed by atoms with van der Waals surface area (Å²) in [6, 6.07) is 7.10. The Bertz CT molecular complexity index is 495. The van der Waals surface area contributed by atoms with Gasteiger partial charge >= 0.3 is 0 Å². The molecule has 0 saturated carbocycles. The van der Waals surface area contributed by atoms with E-state index in [0.717, 1.165) is 29.5 Å². The van der Waals surface area contributed by atoms with E-state index >= 15 is 0 Å². The van der Waals surface area contributed by atoms with Gasteiger partial charge in [0.25, 0.3) is 0 Å². The SMILES string of the molecule is CN(C1CCNCC1)S(=O)(=O)c1ccc(I)cc1. The number of nitrogens with zero attached hydrogens (tertiary/aromatic N) is 1. The molecule has 100 valence electrons. The van der Waals surface area contributed by atoms with Crippen molar-refractivity contribution in [3.63, 3.8) is 0 Å². The van der Waals surface area contributed by atoms with Crippen LogP contribution in [-0.4, -0.2) is 38.9 Å². The fraction of sp³-hybridized carbons (Fsp3) is 0.500. The highest BCUT2D eigenvalue weighted by molar-refractivity contribution is 14.1. The van der Waals surface area contributed by atoms with E-state index in [1.54, 1.807) is 19.2 Å². The molecule has 0 aliphatic carbocycles. The first-order valence-corrected chi connectivity index (χ1v) is 8.48. The number of hydrogen-bond donors (Lipinski definition) is 1. The van der Waals surface area contributed by atoms with Crippen molar-refractivity contribution in [2.45, 2.75) is 23.8 Å². The number of piperidine rings is 1. The van der Waals surface area contributed by atoms with Gasteiger partial charge in [0.1, 0.15) is 0 Å². The molecule has 1 saturated heterocycles. The van der Waals surface area contributed by atoms with Crippen LogP contribution in [-0.2, 0) is 10.0 Å². The van der Waals surface area contributed by atoms with Crippen molar-refractivity contribution in [3.05, 3.63) is 27.8 Å². The van der Waals surface area contributed by atoms with Crippen LogP contribution in [0.15, 0.2) is 29.2 Å². The maximum Gasteiger partial charge on any atom is 0.243 e. The van der Waals surface area contributed by atoms with Gasteiger partial charge in [-0.2, -0.15) is 4.31 Å². The van der Waals surface area contributed by atoms with E-state index in [-0.39, 0.29) is 6.04 Å². The first-order chi connectivity index (χ1) is 8.51. The van der Waals surface area contributed by atoms with Crippen molar-refractivity contribution in [1.82, 2.24) is 9.62 Å². The zero-order valence-corrected chi connectivity index (χ0v) is 13.2. The molecule has 0 radical (unpaired) electrons. The summed E-state index contributed by atoms with van der Waals surface area (Å²) in [6.07, 6.45) is 1.75.